The first-order chi connectivity index (χ1) is 9.74. The Balaban J connectivity index is 2.06. The van der Waals surface area contributed by atoms with E-state index in [-0.39, 0.29) is 5.82 Å². The largest absolute Gasteiger partial charge is 0.378 e. The highest BCUT2D eigenvalue weighted by Crippen LogP contribution is 2.18. The number of hydrogen-bond acceptors (Lipinski definition) is 3. The molecule has 1 atom stereocenters. The summed E-state index contributed by atoms with van der Waals surface area (Å²) in [6.45, 7) is 9.01. The van der Waals surface area contributed by atoms with E-state index in [1.54, 1.807) is 6.07 Å². The van der Waals surface area contributed by atoms with Gasteiger partial charge in [-0.15, -0.1) is 0 Å². The Labute approximate surface area is 121 Å². The molecule has 0 saturated carbocycles. The van der Waals surface area contributed by atoms with Gasteiger partial charge in [-0.05, 0) is 24.6 Å². The smallest absolute Gasteiger partial charge is 0.127 e. The number of ether oxygens (including phenoxy) is 1. The topological polar surface area (TPSA) is 24.5 Å². The summed E-state index contributed by atoms with van der Waals surface area (Å²) in [4.78, 5) is 2.33. The third-order valence-corrected chi connectivity index (χ3v) is 3.88. The zero-order valence-electron chi connectivity index (χ0n) is 12.5. The van der Waals surface area contributed by atoms with Crippen LogP contribution in [0.25, 0.3) is 0 Å². The highest BCUT2D eigenvalue weighted by Gasteiger charge is 2.22. The van der Waals surface area contributed by atoms with Gasteiger partial charge in [0, 0.05) is 31.2 Å². The highest BCUT2D eigenvalue weighted by atomic mass is 19.1. The molecule has 1 aromatic carbocycles. The molecule has 20 heavy (non-hydrogen) atoms. The number of nitrogens with one attached hydrogen (secondary N) is 1. The molecule has 1 aliphatic heterocycles. The number of morpholine rings is 1. The molecule has 1 fully saturated rings. The lowest BCUT2D eigenvalue weighted by Crippen LogP contribution is -2.44. The lowest BCUT2D eigenvalue weighted by molar-refractivity contribution is -0.0131. The average Bonchev–Trinajstić information content (AvgIpc) is 2.48. The van der Waals surface area contributed by atoms with Gasteiger partial charge < -0.3 is 10.1 Å². The summed E-state index contributed by atoms with van der Waals surface area (Å²) < 4.78 is 19.5. The van der Waals surface area contributed by atoms with E-state index in [0.717, 1.165) is 50.4 Å². The third-order valence-electron chi connectivity index (χ3n) is 3.88. The molecule has 0 aromatic heterocycles. The van der Waals surface area contributed by atoms with E-state index in [4.69, 9.17) is 4.74 Å². The average molecular weight is 280 g/mol. The maximum absolute atomic E-state index is 14.0. The molecule has 0 bridgehead atoms. The van der Waals surface area contributed by atoms with Gasteiger partial charge in [0.1, 0.15) is 5.82 Å². The molecule has 1 saturated heterocycles. The normalized spacial score (nSPS) is 20.2. The van der Waals surface area contributed by atoms with Crippen LogP contribution in [0.1, 0.15) is 31.4 Å². The third kappa shape index (κ3) is 4.01. The van der Waals surface area contributed by atoms with Gasteiger partial charge in [0.15, 0.2) is 0 Å². The van der Waals surface area contributed by atoms with Crippen molar-refractivity contribution in [3.63, 3.8) is 0 Å². The summed E-state index contributed by atoms with van der Waals surface area (Å²) in [6, 6.07) is 5.84. The van der Waals surface area contributed by atoms with Crippen molar-refractivity contribution in [1.82, 2.24) is 10.2 Å². The SMILES string of the molecule is CCNCc1ccc(F)c(CN2CCOCC2CC)c1. The van der Waals surface area contributed by atoms with Crippen LogP contribution in [0, 0.1) is 5.82 Å². The maximum atomic E-state index is 14.0. The summed E-state index contributed by atoms with van der Waals surface area (Å²) in [5, 5.41) is 3.28. The number of nitrogens with zero attached hydrogens (tertiary/aromatic N) is 1. The highest BCUT2D eigenvalue weighted by molar-refractivity contribution is 5.25. The van der Waals surface area contributed by atoms with Gasteiger partial charge in [0.05, 0.1) is 13.2 Å². The molecule has 1 aromatic rings. The van der Waals surface area contributed by atoms with Crippen LogP contribution in [0.3, 0.4) is 0 Å². The molecule has 0 radical (unpaired) electrons. The van der Waals surface area contributed by atoms with Crippen molar-refractivity contribution >= 4 is 0 Å². The standard InChI is InChI=1S/C16H25FN2O/c1-3-15-12-20-8-7-19(15)11-14-9-13(10-18-4-2)5-6-16(14)17/h5-6,9,15,18H,3-4,7-8,10-12H2,1-2H3. The summed E-state index contributed by atoms with van der Waals surface area (Å²) in [5.74, 6) is -0.105. The van der Waals surface area contributed by atoms with Gasteiger partial charge in [-0.2, -0.15) is 0 Å². The Morgan fingerprint density at radius 1 is 1.40 bits per heavy atom. The van der Waals surface area contributed by atoms with Crippen LogP contribution in [0.5, 0.6) is 0 Å². The van der Waals surface area contributed by atoms with Gasteiger partial charge in [-0.1, -0.05) is 26.0 Å². The van der Waals surface area contributed by atoms with Crippen LogP contribution in [-0.2, 0) is 17.8 Å². The van der Waals surface area contributed by atoms with Gasteiger partial charge in [0.25, 0.3) is 0 Å². The van der Waals surface area contributed by atoms with Gasteiger partial charge >= 0.3 is 0 Å². The number of halogens is 1. The van der Waals surface area contributed by atoms with Crippen LogP contribution in [0.15, 0.2) is 18.2 Å². The first kappa shape index (κ1) is 15.4. The van der Waals surface area contributed by atoms with Crippen LogP contribution >= 0.6 is 0 Å². The molecule has 1 N–H and O–H groups in total. The van der Waals surface area contributed by atoms with Crippen LogP contribution in [0.4, 0.5) is 4.39 Å². The summed E-state index contributed by atoms with van der Waals surface area (Å²) in [7, 11) is 0. The molecular formula is C16H25FN2O. The van der Waals surface area contributed by atoms with Gasteiger partial charge in [-0.25, -0.2) is 4.39 Å². The fraction of sp³-hybridized carbons (Fsp3) is 0.625. The Morgan fingerprint density at radius 3 is 3.00 bits per heavy atom. The van der Waals surface area contributed by atoms with E-state index in [0.29, 0.717) is 12.6 Å². The van der Waals surface area contributed by atoms with Crippen molar-refractivity contribution in [3.05, 3.63) is 35.1 Å². The first-order valence-corrected chi connectivity index (χ1v) is 7.54. The molecule has 112 valence electrons. The summed E-state index contributed by atoms with van der Waals surface area (Å²) in [5.41, 5.74) is 1.94. The maximum Gasteiger partial charge on any atom is 0.127 e. The minimum absolute atomic E-state index is 0.105. The van der Waals surface area contributed by atoms with Crippen LogP contribution in [-0.4, -0.2) is 37.2 Å². The zero-order valence-corrected chi connectivity index (χ0v) is 12.5. The van der Waals surface area contributed by atoms with E-state index in [1.807, 2.05) is 12.1 Å². The van der Waals surface area contributed by atoms with Gasteiger partial charge in [0.2, 0.25) is 0 Å². The van der Waals surface area contributed by atoms with Crippen molar-refractivity contribution in [2.24, 2.45) is 0 Å². The molecule has 3 nitrogen and oxygen atoms in total. The fourth-order valence-corrected chi connectivity index (χ4v) is 2.62. The van der Waals surface area contributed by atoms with E-state index in [2.05, 4.69) is 24.1 Å². The molecule has 0 amide bonds. The molecule has 1 unspecified atom stereocenters. The second-order valence-electron chi connectivity index (χ2n) is 5.31. The summed E-state index contributed by atoms with van der Waals surface area (Å²) >= 11 is 0. The molecule has 4 heteroatoms. The molecule has 0 aliphatic carbocycles. The Morgan fingerprint density at radius 2 is 2.25 bits per heavy atom. The Bertz CT molecular complexity index is 425. The van der Waals surface area contributed by atoms with Crippen molar-refractivity contribution in [1.29, 1.82) is 0 Å². The fourth-order valence-electron chi connectivity index (χ4n) is 2.62. The number of hydrogen-bond donors (Lipinski definition) is 1. The lowest BCUT2D eigenvalue weighted by Gasteiger charge is -2.35. The monoisotopic (exact) mass is 280 g/mol. The molecule has 0 spiro atoms. The molecular weight excluding hydrogens is 255 g/mol. The Hall–Kier alpha value is -0.970. The minimum atomic E-state index is -0.105. The van der Waals surface area contributed by atoms with Crippen molar-refractivity contribution in [2.75, 3.05) is 26.3 Å². The van der Waals surface area contributed by atoms with E-state index >= 15 is 0 Å². The molecule has 2 rings (SSSR count). The lowest BCUT2D eigenvalue weighted by atomic mass is 10.1. The van der Waals surface area contributed by atoms with Crippen molar-refractivity contribution in [3.8, 4) is 0 Å². The quantitative estimate of drug-likeness (QED) is 0.866. The van der Waals surface area contributed by atoms with E-state index in [9.17, 15) is 4.39 Å². The van der Waals surface area contributed by atoms with Crippen LogP contribution < -0.4 is 5.32 Å². The molecule has 1 heterocycles. The van der Waals surface area contributed by atoms with Gasteiger partial charge in [-0.3, -0.25) is 4.90 Å². The molecule has 1 aliphatic rings. The Kier molecular flexibility index (Phi) is 5.95. The predicted molar refractivity (Wildman–Crippen MR) is 79.1 cm³/mol. The minimum Gasteiger partial charge on any atom is -0.378 e. The predicted octanol–water partition coefficient (Wildman–Crippen LogP) is 2.55. The number of rotatable bonds is 6. The van der Waals surface area contributed by atoms with Crippen molar-refractivity contribution < 1.29 is 9.13 Å². The van der Waals surface area contributed by atoms with E-state index in [1.165, 1.54) is 0 Å². The summed E-state index contributed by atoms with van der Waals surface area (Å²) in [6.07, 6.45) is 1.04. The second-order valence-corrected chi connectivity index (χ2v) is 5.31. The zero-order chi connectivity index (χ0) is 14.4. The second kappa shape index (κ2) is 7.72. The number of benzene rings is 1. The van der Waals surface area contributed by atoms with E-state index < -0.39 is 0 Å². The van der Waals surface area contributed by atoms with Crippen molar-refractivity contribution in [2.45, 2.75) is 39.4 Å². The first-order valence-electron chi connectivity index (χ1n) is 7.54. The van der Waals surface area contributed by atoms with Crippen LogP contribution in [0.2, 0.25) is 0 Å².